The second-order valence-electron chi connectivity index (χ2n) is 18.4. The van der Waals surface area contributed by atoms with Crippen LogP contribution in [0.4, 0.5) is 17.1 Å². The monoisotopic (exact) mass is 889 g/mol. The molecular formula is C69H47N. The minimum Gasteiger partial charge on any atom is -0.310 e. The highest BCUT2D eigenvalue weighted by atomic mass is 15.1. The van der Waals surface area contributed by atoms with Crippen molar-refractivity contribution in [2.75, 3.05) is 4.90 Å². The van der Waals surface area contributed by atoms with Crippen molar-refractivity contribution < 1.29 is 0 Å². The van der Waals surface area contributed by atoms with Gasteiger partial charge in [-0.25, -0.2) is 0 Å². The fourth-order valence-electron chi connectivity index (χ4n) is 11.3. The van der Waals surface area contributed by atoms with Crippen LogP contribution in [0.15, 0.2) is 285 Å². The van der Waals surface area contributed by atoms with Crippen molar-refractivity contribution in [1.29, 1.82) is 0 Å². The van der Waals surface area contributed by atoms with E-state index >= 15 is 0 Å². The van der Waals surface area contributed by atoms with Crippen LogP contribution < -0.4 is 4.90 Å². The highest BCUT2D eigenvalue weighted by molar-refractivity contribution is 5.98. The van der Waals surface area contributed by atoms with Gasteiger partial charge in [-0.05, 0) is 142 Å². The van der Waals surface area contributed by atoms with Gasteiger partial charge in [-0.15, -0.1) is 0 Å². The van der Waals surface area contributed by atoms with Crippen molar-refractivity contribution in [2.45, 2.75) is 5.41 Å². The lowest BCUT2D eigenvalue weighted by molar-refractivity contribution is 0.768. The van der Waals surface area contributed by atoms with Crippen LogP contribution in [0, 0.1) is 0 Å². The fourth-order valence-corrected chi connectivity index (χ4v) is 11.3. The number of fused-ring (bicyclic) bond motifs is 5. The number of nitrogens with zero attached hydrogens (tertiary/aromatic N) is 1. The molecule has 0 spiro atoms. The summed E-state index contributed by atoms with van der Waals surface area (Å²) in [5.41, 5.74) is 20.1. The third-order valence-corrected chi connectivity index (χ3v) is 14.6. The van der Waals surface area contributed by atoms with E-state index in [9.17, 15) is 0 Å². The van der Waals surface area contributed by atoms with E-state index in [-0.39, 0.29) is 0 Å². The predicted octanol–water partition coefficient (Wildman–Crippen LogP) is 18.5. The van der Waals surface area contributed by atoms with Crippen molar-refractivity contribution in [3.8, 4) is 55.6 Å². The highest BCUT2D eigenvalue weighted by Gasteiger charge is 2.46. The second kappa shape index (κ2) is 17.2. The van der Waals surface area contributed by atoms with Crippen LogP contribution in [0.1, 0.15) is 22.3 Å². The third kappa shape index (κ3) is 6.94. The molecule has 0 saturated heterocycles. The van der Waals surface area contributed by atoms with E-state index in [4.69, 9.17) is 0 Å². The zero-order chi connectivity index (χ0) is 46.4. The van der Waals surface area contributed by atoms with Crippen LogP contribution in [-0.2, 0) is 5.41 Å². The Bertz CT molecular complexity index is 3810. The number of hydrogen-bond acceptors (Lipinski definition) is 1. The Kier molecular flexibility index (Phi) is 10.1. The molecule has 1 aliphatic rings. The summed E-state index contributed by atoms with van der Waals surface area (Å²) in [5, 5.41) is 5.00. The van der Waals surface area contributed by atoms with Gasteiger partial charge in [-0.2, -0.15) is 0 Å². The molecular weight excluding hydrogens is 843 g/mol. The normalized spacial score (nSPS) is 12.4. The molecule has 0 radical (unpaired) electrons. The predicted molar refractivity (Wildman–Crippen MR) is 295 cm³/mol. The van der Waals surface area contributed by atoms with Gasteiger partial charge in [0, 0.05) is 17.1 Å². The van der Waals surface area contributed by atoms with Gasteiger partial charge in [0.05, 0.1) is 5.41 Å². The quantitative estimate of drug-likeness (QED) is 0.140. The molecule has 0 aliphatic heterocycles. The maximum atomic E-state index is 2.39. The van der Waals surface area contributed by atoms with Crippen LogP contribution in [0.2, 0.25) is 0 Å². The van der Waals surface area contributed by atoms with Crippen LogP contribution in [0.5, 0.6) is 0 Å². The minimum atomic E-state index is -0.457. The third-order valence-electron chi connectivity index (χ3n) is 14.6. The van der Waals surface area contributed by atoms with E-state index in [0.717, 1.165) is 22.6 Å². The van der Waals surface area contributed by atoms with Gasteiger partial charge in [0.25, 0.3) is 0 Å². The van der Waals surface area contributed by atoms with Gasteiger partial charge in [0.2, 0.25) is 0 Å². The molecule has 1 heteroatoms. The number of benzene rings is 12. The van der Waals surface area contributed by atoms with E-state index in [1.807, 2.05) is 0 Å². The topological polar surface area (TPSA) is 3.24 Å². The summed E-state index contributed by atoms with van der Waals surface area (Å²) in [5.74, 6) is 0. The zero-order valence-electron chi connectivity index (χ0n) is 38.6. The Morgan fingerprint density at radius 2 is 0.714 bits per heavy atom. The van der Waals surface area contributed by atoms with E-state index in [2.05, 4.69) is 290 Å². The van der Waals surface area contributed by atoms with Gasteiger partial charge in [-0.3, -0.25) is 0 Å². The number of rotatable bonds is 9. The Hall–Kier alpha value is -9.04. The van der Waals surface area contributed by atoms with Gasteiger partial charge in [0.1, 0.15) is 0 Å². The van der Waals surface area contributed by atoms with Gasteiger partial charge in [-0.1, -0.05) is 243 Å². The summed E-state index contributed by atoms with van der Waals surface area (Å²) in [4.78, 5) is 2.39. The average Bonchev–Trinajstić information content (AvgIpc) is 3.75. The first-order chi connectivity index (χ1) is 34.7. The van der Waals surface area contributed by atoms with E-state index in [0.29, 0.717) is 0 Å². The van der Waals surface area contributed by atoms with Gasteiger partial charge >= 0.3 is 0 Å². The Morgan fingerprint density at radius 1 is 0.243 bits per heavy atom. The molecule has 12 aromatic rings. The molecule has 70 heavy (non-hydrogen) atoms. The Balaban J connectivity index is 0.911. The summed E-state index contributed by atoms with van der Waals surface area (Å²) < 4.78 is 0. The first kappa shape index (κ1) is 41.2. The Labute approximate surface area is 409 Å². The Morgan fingerprint density at radius 3 is 1.41 bits per heavy atom. The summed E-state index contributed by atoms with van der Waals surface area (Å²) >= 11 is 0. The van der Waals surface area contributed by atoms with E-state index < -0.39 is 5.41 Å². The molecule has 0 saturated carbocycles. The summed E-state index contributed by atoms with van der Waals surface area (Å²) in [6.07, 6.45) is 0. The molecule has 328 valence electrons. The van der Waals surface area contributed by atoms with E-state index in [1.165, 1.54) is 93.9 Å². The van der Waals surface area contributed by atoms with Crippen molar-refractivity contribution in [2.24, 2.45) is 0 Å². The van der Waals surface area contributed by atoms with Crippen LogP contribution in [0.25, 0.3) is 77.2 Å². The second-order valence-corrected chi connectivity index (χ2v) is 18.4. The molecule has 0 unspecified atom stereocenters. The fraction of sp³-hybridized carbons (Fsp3) is 0.0145. The number of hydrogen-bond donors (Lipinski definition) is 0. The van der Waals surface area contributed by atoms with Gasteiger partial charge < -0.3 is 4.90 Å². The molecule has 0 amide bonds. The maximum absolute atomic E-state index is 2.39. The van der Waals surface area contributed by atoms with Crippen molar-refractivity contribution in [3.63, 3.8) is 0 Å². The lowest BCUT2D eigenvalue weighted by Crippen LogP contribution is -2.28. The molecule has 0 N–H and O–H groups in total. The average molecular weight is 890 g/mol. The molecule has 0 fully saturated rings. The first-order valence-corrected chi connectivity index (χ1v) is 24.2. The molecule has 12 aromatic carbocycles. The summed E-state index contributed by atoms with van der Waals surface area (Å²) in [6, 6.07) is 105. The highest BCUT2D eigenvalue weighted by Crippen LogP contribution is 2.58. The number of anilines is 3. The molecule has 1 nitrogen and oxygen atoms in total. The zero-order valence-corrected chi connectivity index (χ0v) is 38.6. The molecule has 0 aromatic heterocycles. The SMILES string of the molecule is c1ccc(C2(c3ccccc3)c3ccccc3-c3c(-c4ccc(N(c5ccc(-c6cccc7ccccc67)cc5)c5cccc(-c6ccc(-c7ccc8ccccc8c7)cc6)c5)cc4)cccc32)cc1. The lowest BCUT2D eigenvalue weighted by atomic mass is 9.67. The maximum Gasteiger partial charge on any atom is 0.0713 e. The lowest BCUT2D eigenvalue weighted by Gasteiger charge is -2.34. The molecule has 0 atom stereocenters. The van der Waals surface area contributed by atoms with E-state index in [1.54, 1.807) is 0 Å². The van der Waals surface area contributed by atoms with Crippen molar-refractivity contribution in [1.82, 2.24) is 0 Å². The van der Waals surface area contributed by atoms with Crippen LogP contribution in [0.3, 0.4) is 0 Å². The van der Waals surface area contributed by atoms with Crippen LogP contribution in [-0.4, -0.2) is 0 Å². The molecule has 1 aliphatic carbocycles. The van der Waals surface area contributed by atoms with Gasteiger partial charge in [0.15, 0.2) is 0 Å². The molecule has 0 bridgehead atoms. The standard InChI is InChI=1S/C69H47N/c1-3-21-57(22-4-1)69(58-23-5-2-6-24-58)66-30-12-11-27-65(66)68-64(29-15-31-67(68)69)53-40-44-60(45-41-53)70(59-42-38-52(39-43-59)63-28-14-19-51-17-9-10-26-62(51)63)61-25-13-20-55(47-61)49-32-34-50(35-33-49)56-37-36-48-16-7-8-18-54(48)46-56/h1-47H. The molecule has 13 rings (SSSR count). The molecule has 0 heterocycles. The summed E-state index contributed by atoms with van der Waals surface area (Å²) in [6.45, 7) is 0. The van der Waals surface area contributed by atoms with Crippen molar-refractivity contribution in [3.05, 3.63) is 307 Å². The summed E-state index contributed by atoms with van der Waals surface area (Å²) in [7, 11) is 0. The first-order valence-electron chi connectivity index (χ1n) is 24.2. The minimum absolute atomic E-state index is 0.457. The largest absolute Gasteiger partial charge is 0.310 e. The smallest absolute Gasteiger partial charge is 0.0713 e. The van der Waals surface area contributed by atoms with Crippen molar-refractivity contribution >= 4 is 38.6 Å². The van der Waals surface area contributed by atoms with Crippen LogP contribution >= 0.6 is 0 Å².